The van der Waals surface area contributed by atoms with Crippen molar-refractivity contribution in [1.82, 2.24) is 5.32 Å². The summed E-state index contributed by atoms with van der Waals surface area (Å²) in [7, 11) is 1.85. The lowest BCUT2D eigenvalue weighted by Crippen LogP contribution is -2.34. The van der Waals surface area contributed by atoms with Crippen LogP contribution in [-0.4, -0.2) is 30.9 Å². The SMILES string of the molecule is CCC(=O)C(CCSC)NC. The van der Waals surface area contributed by atoms with Crippen molar-refractivity contribution in [1.29, 1.82) is 0 Å². The zero-order valence-electron chi connectivity index (χ0n) is 7.52. The van der Waals surface area contributed by atoms with Crippen molar-refractivity contribution in [2.45, 2.75) is 25.8 Å². The van der Waals surface area contributed by atoms with E-state index in [1.807, 2.05) is 14.0 Å². The van der Waals surface area contributed by atoms with Gasteiger partial charge in [-0.05, 0) is 25.5 Å². The standard InChI is InChI=1S/C8H17NOS/c1-4-8(10)7(9-2)5-6-11-3/h7,9H,4-6H2,1-3H3. The van der Waals surface area contributed by atoms with Crippen LogP contribution in [0.4, 0.5) is 0 Å². The van der Waals surface area contributed by atoms with E-state index in [9.17, 15) is 4.79 Å². The lowest BCUT2D eigenvalue weighted by atomic mass is 10.1. The molecule has 0 aliphatic heterocycles. The van der Waals surface area contributed by atoms with Crippen molar-refractivity contribution in [2.75, 3.05) is 19.1 Å². The van der Waals surface area contributed by atoms with Gasteiger partial charge < -0.3 is 5.32 Å². The van der Waals surface area contributed by atoms with E-state index in [0.29, 0.717) is 12.2 Å². The minimum absolute atomic E-state index is 0.0763. The van der Waals surface area contributed by atoms with Crippen LogP contribution >= 0.6 is 11.8 Å². The van der Waals surface area contributed by atoms with E-state index in [2.05, 4.69) is 11.6 Å². The van der Waals surface area contributed by atoms with Gasteiger partial charge in [0.05, 0.1) is 6.04 Å². The van der Waals surface area contributed by atoms with Crippen molar-refractivity contribution in [3.8, 4) is 0 Å². The first-order valence-electron chi connectivity index (χ1n) is 3.95. The maximum absolute atomic E-state index is 11.2. The first-order chi connectivity index (χ1) is 5.26. The second-order valence-corrected chi connectivity index (χ2v) is 3.43. The average molecular weight is 175 g/mol. The molecule has 1 N–H and O–H groups in total. The summed E-state index contributed by atoms with van der Waals surface area (Å²) >= 11 is 1.78. The molecular formula is C8H17NOS. The molecule has 2 nitrogen and oxygen atoms in total. The first kappa shape index (κ1) is 11.0. The van der Waals surface area contributed by atoms with E-state index >= 15 is 0 Å². The highest BCUT2D eigenvalue weighted by molar-refractivity contribution is 7.98. The van der Waals surface area contributed by atoms with Crippen LogP contribution in [0.5, 0.6) is 0 Å². The number of hydrogen-bond donors (Lipinski definition) is 1. The highest BCUT2D eigenvalue weighted by atomic mass is 32.2. The van der Waals surface area contributed by atoms with Crippen molar-refractivity contribution >= 4 is 17.5 Å². The number of carbonyl (C=O) groups excluding carboxylic acids is 1. The fourth-order valence-electron chi connectivity index (χ4n) is 0.948. The fourth-order valence-corrected chi connectivity index (χ4v) is 1.42. The van der Waals surface area contributed by atoms with Gasteiger partial charge in [-0.25, -0.2) is 0 Å². The van der Waals surface area contributed by atoms with Crippen molar-refractivity contribution in [3.05, 3.63) is 0 Å². The Morgan fingerprint density at radius 3 is 2.64 bits per heavy atom. The Balaban J connectivity index is 3.65. The number of thioether (sulfide) groups is 1. The quantitative estimate of drug-likeness (QED) is 0.660. The normalized spacial score (nSPS) is 13.0. The van der Waals surface area contributed by atoms with Crippen LogP contribution in [0.25, 0.3) is 0 Å². The molecule has 0 saturated heterocycles. The highest BCUT2D eigenvalue weighted by Gasteiger charge is 2.12. The topological polar surface area (TPSA) is 29.1 Å². The molecule has 0 heterocycles. The van der Waals surface area contributed by atoms with Gasteiger partial charge in [0.25, 0.3) is 0 Å². The van der Waals surface area contributed by atoms with Gasteiger partial charge in [0.1, 0.15) is 5.78 Å². The number of nitrogens with one attached hydrogen (secondary N) is 1. The molecule has 0 aromatic heterocycles. The van der Waals surface area contributed by atoms with Crippen LogP contribution in [0.3, 0.4) is 0 Å². The zero-order chi connectivity index (χ0) is 8.69. The number of rotatable bonds is 6. The van der Waals surface area contributed by atoms with E-state index in [-0.39, 0.29) is 6.04 Å². The van der Waals surface area contributed by atoms with Crippen molar-refractivity contribution in [2.24, 2.45) is 0 Å². The van der Waals surface area contributed by atoms with E-state index < -0.39 is 0 Å². The van der Waals surface area contributed by atoms with Crippen LogP contribution in [-0.2, 0) is 4.79 Å². The Kier molecular flexibility index (Phi) is 6.66. The van der Waals surface area contributed by atoms with Crippen LogP contribution in [0.1, 0.15) is 19.8 Å². The summed E-state index contributed by atoms with van der Waals surface area (Å²) in [6.45, 7) is 1.91. The molecule has 0 aromatic carbocycles. The number of likely N-dealkylation sites (N-methyl/N-ethyl adjacent to an activating group) is 1. The van der Waals surface area contributed by atoms with Gasteiger partial charge in [-0.1, -0.05) is 6.92 Å². The van der Waals surface area contributed by atoms with E-state index in [1.54, 1.807) is 11.8 Å². The zero-order valence-corrected chi connectivity index (χ0v) is 8.33. The summed E-state index contributed by atoms with van der Waals surface area (Å²) in [5.74, 6) is 1.37. The lowest BCUT2D eigenvalue weighted by molar-refractivity contribution is -0.120. The highest BCUT2D eigenvalue weighted by Crippen LogP contribution is 2.02. The number of ketones is 1. The first-order valence-corrected chi connectivity index (χ1v) is 5.34. The molecule has 0 bridgehead atoms. The molecule has 0 aliphatic rings. The van der Waals surface area contributed by atoms with E-state index in [0.717, 1.165) is 12.2 Å². The smallest absolute Gasteiger partial charge is 0.149 e. The van der Waals surface area contributed by atoms with Gasteiger partial charge in [0.2, 0.25) is 0 Å². The predicted molar refractivity (Wildman–Crippen MR) is 51.1 cm³/mol. The number of hydrogen-bond acceptors (Lipinski definition) is 3. The van der Waals surface area contributed by atoms with Crippen LogP contribution in [0.15, 0.2) is 0 Å². The van der Waals surface area contributed by atoms with Crippen molar-refractivity contribution < 1.29 is 4.79 Å². The second kappa shape index (κ2) is 6.68. The molecule has 66 valence electrons. The summed E-state index contributed by atoms with van der Waals surface area (Å²) < 4.78 is 0. The molecule has 0 saturated carbocycles. The molecule has 0 aliphatic carbocycles. The van der Waals surface area contributed by atoms with Gasteiger partial charge in [-0.3, -0.25) is 4.79 Å². The summed E-state index contributed by atoms with van der Waals surface area (Å²) in [4.78, 5) is 11.2. The maximum Gasteiger partial charge on any atom is 0.149 e. The van der Waals surface area contributed by atoms with Crippen LogP contribution in [0, 0.1) is 0 Å². The lowest BCUT2D eigenvalue weighted by Gasteiger charge is -2.12. The Hall–Kier alpha value is -0.0200. The van der Waals surface area contributed by atoms with Crippen molar-refractivity contribution in [3.63, 3.8) is 0 Å². The van der Waals surface area contributed by atoms with Gasteiger partial charge >= 0.3 is 0 Å². The molecule has 1 atom stereocenters. The number of Topliss-reactive ketones (excluding diaryl/α,β-unsaturated/α-hetero) is 1. The van der Waals surface area contributed by atoms with Gasteiger partial charge in [-0.2, -0.15) is 11.8 Å². The molecular weight excluding hydrogens is 158 g/mol. The molecule has 0 rings (SSSR count). The van der Waals surface area contributed by atoms with E-state index in [4.69, 9.17) is 0 Å². The fraction of sp³-hybridized carbons (Fsp3) is 0.875. The Labute approximate surface area is 73.1 Å². The molecule has 0 radical (unpaired) electrons. The third-order valence-electron chi connectivity index (χ3n) is 1.70. The molecule has 0 fully saturated rings. The Morgan fingerprint density at radius 2 is 2.27 bits per heavy atom. The maximum atomic E-state index is 11.2. The summed E-state index contributed by atoms with van der Waals surface area (Å²) in [6.07, 6.45) is 3.65. The van der Waals surface area contributed by atoms with Gasteiger partial charge in [0, 0.05) is 6.42 Å². The Bertz CT molecular complexity index is 117. The molecule has 3 heteroatoms. The number of carbonyl (C=O) groups is 1. The minimum atomic E-state index is 0.0763. The average Bonchev–Trinajstić information content (AvgIpc) is 2.05. The monoisotopic (exact) mass is 175 g/mol. The van der Waals surface area contributed by atoms with Gasteiger partial charge in [-0.15, -0.1) is 0 Å². The molecule has 11 heavy (non-hydrogen) atoms. The summed E-state index contributed by atoms with van der Waals surface area (Å²) in [6, 6.07) is 0.0763. The second-order valence-electron chi connectivity index (χ2n) is 2.44. The largest absolute Gasteiger partial charge is 0.311 e. The van der Waals surface area contributed by atoms with Crippen LogP contribution < -0.4 is 5.32 Å². The van der Waals surface area contributed by atoms with E-state index in [1.165, 1.54) is 0 Å². The summed E-state index contributed by atoms with van der Waals surface area (Å²) in [5, 5.41) is 3.02. The van der Waals surface area contributed by atoms with Crippen LogP contribution in [0.2, 0.25) is 0 Å². The Morgan fingerprint density at radius 1 is 1.64 bits per heavy atom. The molecule has 0 amide bonds. The third-order valence-corrected chi connectivity index (χ3v) is 2.34. The third kappa shape index (κ3) is 4.43. The molecule has 0 aromatic rings. The predicted octanol–water partition coefficient (Wildman–Crippen LogP) is 1.31. The molecule has 1 unspecified atom stereocenters. The van der Waals surface area contributed by atoms with Gasteiger partial charge in [0.15, 0.2) is 0 Å². The summed E-state index contributed by atoms with van der Waals surface area (Å²) in [5.41, 5.74) is 0. The minimum Gasteiger partial charge on any atom is -0.311 e. The molecule has 0 spiro atoms.